The van der Waals surface area contributed by atoms with Gasteiger partial charge in [-0.15, -0.1) is 0 Å². The average Bonchev–Trinajstić information content (AvgIpc) is 2.64. The summed E-state index contributed by atoms with van der Waals surface area (Å²) in [6.07, 6.45) is 5.04. The first-order valence-electron chi connectivity index (χ1n) is 7.59. The van der Waals surface area contributed by atoms with E-state index in [0.29, 0.717) is 22.6 Å². The second kappa shape index (κ2) is 5.92. The van der Waals surface area contributed by atoms with Crippen molar-refractivity contribution in [3.63, 3.8) is 0 Å². The second-order valence-corrected chi connectivity index (χ2v) is 6.97. The van der Waals surface area contributed by atoms with E-state index in [1.54, 1.807) is 6.07 Å². The summed E-state index contributed by atoms with van der Waals surface area (Å²) < 4.78 is 0. The standard InChI is InChI=1S/C16H26N4O/c1-16(2,3)11-5-4-7-20(8-6-11)14-9-12(15(18)21)13(17)10-19-14/h9-11H,4-8,17H2,1-3H3,(H2,18,21). The molecule has 1 aliphatic heterocycles. The number of nitrogen functional groups attached to an aromatic ring is 1. The van der Waals surface area contributed by atoms with Gasteiger partial charge in [-0.3, -0.25) is 4.79 Å². The number of nitrogens with two attached hydrogens (primary N) is 2. The highest BCUT2D eigenvalue weighted by molar-refractivity contribution is 5.98. The summed E-state index contributed by atoms with van der Waals surface area (Å²) in [7, 11) is 0. The van der Waals surface area contributed by atoms with Gasteiger partial charge in [0, 0.05) is 13.1 Å². The zero-order chi connectivity index (χ0) is 15.6. The van der Waals surface area contributed by atoms with Gasteiger partial charge in [0.1, 0.15) is 5.82 Å². The molecule has 1 aromatic heterocycles. The van der Waals surface area contributed by atoms with Crippen LogP contribution in [0.2, 0.25) is 0 Å². The fourth-order valence-corrected chi connectivity index (χ4v) is 3.03. The van der Waals surface area contributed by atoms with Gasteiger partial charge in [0.15, 0.2) is 0 Å². The van der Waals surface area contributed by atoms with Crippen molar-refractivity contribution >= 4 is 17.4 Å². The van der Waals surface area contributed by atoms with E-state index in [0.717, 1.165) is 31.7 Å². The minimum absolute atomic E-state index is 0.336. The molecule has 0 radical (unpaired) electrons. The summed E-state index contributed by atoms with van der Waals surface area (Å²) in [5.41, 5.74) is 12.1. The number of nitrogens with zero attached hydrogens (tertiary/aromatic N) is 2. The molecule has 2 heterocycles. The molecule has 0 aromatic carbocycles. The third kappa shape index (κ3) is 3.65. The summed E-state index contributed by atoms with van der Waals surface area (Å²) in [6, 6.07) is 1.72. The lowest BCUT2D eigenvalue weighted by atomic mass is 9.77. The molecule has 1 atom stereocenters. The molecule has 1 aliphatic rings. The van der Waals surface area contributed by atoms with Crippen LogP contribution in [0.3, 0.4) is 0 Å². The smallest absolute Gasteiger partial charge is 0.250 e. The third-order valence-electron chi connectivity index (χ3n) is 4.46. The van der Waals surface area contributed by atoms with E-state index < -0.39 is 5.91 Å². The molecule has 1 saturated heterocycles. The molecule has 21 heavy (non-hydrogen) atoms. The monoisotopic (exact) mass is 290 g/mol. The van der Waals surface area contributed by atoms with E-state index in [2.05, 4.69) is 30.7 Å². The number of hydrogen-bond donors (Lipinski definition) is 2. The summed E-state index contributed by atoms with van der Waals surface area (Å²) in [4.78, 5) is 18.0. The van der Waals surface area contributed by atoms with Gasteiger partial charge in [0.2, 0.25) is 0 Å². The van der Waals surface area contributed by atoms with E-state index in [4.69, 9.17) is 11.5 Å². The number of hydrogen-bond acceptors (Lipinski definition) is 4. The number of aromatic nitrogens is 1. The number of rotatable bonds is 2. The predicted octanol–water partition coefficient (Wildman–Crippen LogP) is 2.42. The van der Waals surface area contributed by atoms with E-state index in [-0.39, 0.29) is 0 Å². The Morgan fingerprint density at radius 3 is 2.67 bits per heavy atom. The minimum Gasteiger partial charge on any atom is -0.397 e. The van der Waals surface area contributed by atoms with Crippen molar-refractivity contribution in [2.45, 2.75) is 40.0 Å². The van der Waals surface area contributed by atoms with Crippen molar-refractivity contribution in [1.82, 2.24) is 4.98 Å². The van der Waals surface area contributed by atoms with Crippen LogP contribution < -0.4 is 16.4 Å². The highest BCUT2D eigenvalue weighted by Gasteiger charge is 2.27. The van der Waals surface area contributed by atoms with Gasteiger partial charge in [-0.25, -0.2) is 4.98 Å². The number of carbonyl (C=O) groups is 1. The van der Waals surface area contributed by atoms with Crippen molar-refractivity contribution in [1.29, 1.82) is 0 Å². The van der Waals surface area contributed by atoms with E-state index in [1.165, 1.54) is 12.6 Å². The highest BCUT2D eigenvalue weighted by Crippen LogP contribution is 2.35. The van der Waals surface area contributed by atoms with E-state index >= 15 is 0 Å². The van der Waals surface area contributed by atoms with Gasteiger partial charge in [-0.1, -0.05) is 20.8 Å². The molecular weight excluding hydrogens is 264 g/mol. The van der Waals surface area contributed by atoms with Gasteiger partial charge in [-0.05, 0) is 36.7 Å². The van der Waals surface area contributed by atoms with Gasteiger partial charge in [0.05, 0.1) is 17.4 Å². The normalized spacial score (nSPS) is 20.1. The maximum absolute atomic E-state index is 11.4. The van der Waals surface area contributed by atoms with Crippen LogP contribution >= 0.6 is 0 Å². The van der Waals surface area contributed by atoms with Crippen molar-refractivity contribution in [3.8, 4) is 0 Å². The van der Waals surface area contributed by atoms with Gasteiger partial charge in [-0.2, -0.15) is 0 Å². The predicted molar refractivity (Wildman–Crippen MR) is 86.2 cm³/mol. The van der Waals surface area contributed by atoms with Crippen LogP contribution in [0.4, 0.5) is 11.5 Å². The number of amides is 1. The molecule has 0 saturated carbocycles. The average molecular weight is 290 g/mol. The molecule has 1 aromatic rings. The zero-order valence-electron chi connectivity index (χ0n) is 13.2. The molecule has 0 aliphatic carbocycles. The number of anilines is 2. The van der Waals surface area contributed by atoms with Gasteiger partial charge < -0.3 is 16.4 Å². The molecule has 0 spiro atoms. The van der Waals surface area contributed by atoms with E-state index in [9.17, 15) is 4.79 Å². The lowest BCUT2D eigenvalue weighted by molar-refractivity contribution is 0.100. The quantitative estimate of drug-likeness (QED) is 0.876. The third-order valence-corrected chi connectivity index (χ3v) is 4.46. The molecular formula is C16H26N4O. The minimum atomic E-state index is -0.501. The molecule has 1 fully saturated rings. The Balaban J connectivity index is 2.16. The van der Waals surface area contributed by atoms with Gasteiger partial charge in [0.25, 0.3) is 5.91 Å². The first kappa shape index (κ1) is 15.6. The molecule has 0 bridgehead atoms. The lowest BCUT2D eigenvalue weighted by Crippen LogP contribution is -2.27. The van der Waals surface area contributed by atoms with Crippen molar-refractivity contribution in [3.05, 3.63) is 17.8 Å². The Morgan fingerprint density at radius 1 is 1.33 bits per heavy atom. The number of carbonyl (C=O) groups excluding carboxylic acids is 1. The first-order valence-corrected chi connectivity index (χ1v) is 7.59. The highest BCUT2D eigenvalue weighted by atomic mass is 16.1. The molecule has 5 nitrogen and oxygen atoms in total. The Labute approximate surface area is 126 Å². The van der Waals surface area contributed by atoms with Crippen molar-refractivity contribution in [2.24, 2.45) is 17.1 Å². The fraction of sp³-hybridized carbons (Fsp3) is 0.625. The topological polar surface area (TPSA) is 85.2 Å². The Morgan fingerprint density at radius 2 is 2.05 bits per heavy atom. The molecule has 2 rings (SSSR count). The number of primary amides is 1. The molecule has 4 N–H and O–H groups in total. The molecule has 1 amide bonds. The Hall–Kier alpha value is -1.78. The Bertz CT molecular complexity index is 521. The Kier molecular flexibility index (Phi) is 4.40. The van der Waals surface area contributed by atoms with Crippen LogP contribution in [0.5, 0.6) is 0 Å². The van der Waals surface area contributed by atoms with Crippen LogP contribution in [-0.4, -0.2) is 24.0 Å². The number of pyridine rings is 1. The SMILES string of the molecule is CC(C)(C)C1CCCN(c2cc(C(N)=O)c(N)cn2)CC1. The van der Waals surface area contributed by atoms with Crippen molar-refractivity contribution in [2.75, 3.05) is 23.7 Å². The lowest BCUT2D eigenvalue weighted by Gasteiger charge is -2.30. The summed E-state index contributed by atoms with van der Waals surface area (Å²) >= 11 is 0. The first-order chi connectivity index (χ1) is 9.79. The van der Waals surface area contributed by atoms with Gasteiger partial charge >= 0.3 is 0 Å². The van der Waals surface area contributed by atoms with Crippen molar-refractivity contribution < 1.29 is 4.79 Å². The molecule has 5 heteroatoms. The van der Waals surface area contributed by atoms with Crippen LogP contribution in [0, 0.1) is 11.3 Å². The van der Waals surface area contributed by atoms with Crippen LogP contribution in [-0.2, 0) is 0 Å². The summed E-state index contributed by atoms with van der Waals surface area (Å²) in [5.74, 6) is 1.01. The van der Waals surface area contributed by atoms with Crippen LogP contribution in [0.25, 0.3) is 0 Å². The largest absolute Gasteiger partial charge is 0.397 e. The summed E-state index contributed by atoms with van der Waals surface area (Å²) in [5, 5.41) is 0. The summed E-state index contributed by atoms with van der Waals surface area (Å²) in [6.45, 7) is 8.83. The fourth-order valence-electron chi connectivity index (χ4n) is 3.03. The maximum atomic E-state index is 11.4. The van der Waals surface area contributed by atoms with Crippen LogP contribution in [0.15, 0.2) is 12.3 Å². The second-order valence-electron chi connectivity index (χ2n) is 6.97. The molecule has 1 unspecified atom stereocenters. The molecule has 116 valence electrons. The zero-order valence-corrected chi connectivity index (χ0v) is 13.2. The van der Waals surface area contributed by atoms with E-state index in [1.807, 2.05) is 0 Å². The van der Waals surface area contributed by atoms with Crippen LogP contribution in [0.1, 0.15) is 50.4 Å². The maximum Gasteiger partial charge on any atom is 0.250 e.